The van der Waals surface area contributed by atoms with Gasteiger partial charge in [0.1, 0.15) is 11.6 Å². The number of hydrogen-bond donors (Lipinski definition) is 1. The molecule has 1 N–H and O–H groups in total. The average Bonchev–Trinajstić information content (AvgIpc) is 2.40. The lowest BCUT2D eigenvalue weighted by Gasteiger charge is -2.31. The van der Waals surface area contributed by atoms with Crippen molar-refractivity contribution in [2.45, 2.75) is 46.1 Å². The first-order valence-electron chi connectivity index (χ1n) is 7.20. The Morgan fingerprint density at radius 2 is 1.95 bits per heavy atom. The lowest BCUT2D eigenvalue weighted by molar-refractivity contribution is -0.144. The fraction of sp³-hybridized carbons (Fsp3) is 0.562. The van der Waals surface area contributed by atoms with Gasteiger partial charge in [-0.2, -0.15) is 0 Å². The number of nitrogens with one attached hydrogen (secondary N) is 1. The van der Waals surface area contributed by atoms with Gasteiger partial charge in [0.2, 0.25) is 0 Å². The minimum Gasteiger partial charge on any atom is -0.466 e. The van der Waals surface area contributed by atoms with Gasteiger partial charge in [-0.05, 0) is 51.4 Å². The molecule has 0 amide bonds. The second-order valence-corrected chi connectivity index (χ2v) is 5.32. The van der Waals surface area contributed by atoms with Crippen molar-refractivity contribution < 1.29 is 18.3 Å². The van der Waals surface area contributed by atoms with E-state index in [1.165, 1.54) is 6.92 Å². The van der Waals surface area contributed by atoms with E-state index in [9.17, 15) is 13.6 Å². The maximum atomic E-state index is 14.2. The van der Waals surface area contributed by atoms with Crippen molar-refractivity contribution in [1.29, 1.82) is 0 Å². The average molecular weight is 299 g/mol. The third kappa shape index (κ3) is 4.49. The van der Waals surface area contributed by atoms with Crippen molar-refractivity contribution >= 4 is 5.97 Å². The summed E-state index contributed by atoms with van der Waals surface area (Å²) in [5, 5.41) is 3.13. The predicted molar refractivity (Wildman–Crippen MR) is 78.0 cm³/mol. The molecule has 0 saturated carbocycles. The van der Waals surface area contributed by atoms with Crippen LogP contribution >= 0.6 is 0 Å². The van der Waals surface area contributed by atoms with Gasteiger partial charge in [-0.25, -0.2) is 8.78 Å². The van der Waals surface area contributed by atoms with E-state index in [-0.39, 0.29) is 24.2 Å². The van der Waals surface area contributed by atoms with Crippen LogP contribution in [0.1, 0.15) is 44.7 Å². The Morgan fingerprint density at radius 1 is 1.29 bits per heavy atom. The molecule has 1 rings (SSSR count). The number of esters is 1. The number of aryl methyl sites for hydroxylation is 1. The highest BCUT2D eigenvalue weighted by molar-refractivity contribution is 5.71. The summed E-state index contributed by atoms with van der Waals surface area (Å²) in [7, 11) is 0. The summed E-state index contributed by atoms with van der Waals surface area (Å²) in [6.07, 6.45) is 0.759. The predicted octanol–water partition coefficient (Wildman–Crippen LogP) is 3.44. The molecule has 0 aromatic heterocycles. The first-order valence-corrected chi connectivity index (χ1v) is 7.20. The summed E-state index contributed by atoms with van der Waals surface area (Å²) < 4.78 is 33.0. The van der Waals surface area contributed by atoms with E-state index >= 15 is 0 Å². The number of carbonyl (C=O) groups excluding carboxylic acids is 1. The van der Waals surface area contributed by atoms with Crippen molar-refractivity contribution in [3.63, 3.8) is 0 Å². The van der Waals surface area contributed by atoms with Crippen molar-refractivity contribution in [2.75, 3.05) is 13.2 Å². The molecule has 0 aliphatic rings. The lowest BCUT2D eigenvalue weighted by Crippen LogP contribution is -2.43. The molecule has 0 bridgehead atoms. The van der Waals surface area contributed by atoms with Crippen molar-refractivity contribution in [1.82, 2.24) is 5.32 Å². The smallest absolute Gasteiger partial charge is 0.307 e. The van der Waals surface area contributed by atoms with Gasteiger partial charge in [-0.3, -0.25) is 4.79 Å². The van der Waals surface area contributed by atoms with E-state index < -0.39 is 23.1 Å². The molecule has 0 fully saturated rings. The van der Waals surface area contributed by atoms with Crippen molar-refractivity contribution in [2.24, 2.45) is 0 Å². The van der Waals surface area contributed by atoms with E-state index in [2.05, 4.69) is 5.32 Å². The molecule has 118 valence electrons. The molecular formula is C16H23F2NO2. The standard InChI is InChI=1S/C16H23F2NO2/c1-5-7-19-16(4,10-15(20)21-6-2)12-9-13(17)11(3)8-14(12)18/h8-9,19H,5-7,10H2,1-4H3. The van der Waals surface area contributed by atoms with Crippen molar-refractivity contribution in [3.8, 4) is 0 Å². The zero-order valence-electron chi connectivity index (χ0n) is 13.1. The monoisotopic (exact) mass is 299 g/mol. The Labute approximate surface area is 124 Å². The summed E-state index contributed by atoms with van der Waals surface area (Å²) in [5.74, 6) is -1.45. The van der Waals surface area contributed by atoms with Crippen LogP contribution in [0.25, 0.3) is 0 Å². The Balaban J connectivity index is 3.17. The molecule has 1 aromatic carbocycles. The maximum absolute atomic E-state index is 14.2. The Bertz CT molecular complexity index is 505. The van der Waals surface area contributed by atoms with Crippen LogP contribution in [-0.4, -0.2) is 19.1 Å². The van der Waals surface area contributed by atoms with Gasteiger partial charge in [0.05, 0.1) is 18.6 Å². The highest BCUT2D eigenvalue weighted by Crippen LogP contribution is 2.29. The van der Waals surface area contributed by atoms with Crippen LogP contribution in [0, 0.1) is 18.6 Å². The summed E-state index contributed by atoms with van der Waals surface area (Å²) in [6, 6.07) is 2.31. The molecule has 1 unspecified atom stereocenters. The zero-order valence-corrected chi connectivity index (χ0v) is 13.1. The molecule has 3 nitrogen and oxygen atoms in total. The molecule has 21 heavy (non-hydrogen) atoms. The number of carbonyl (C=O) groups is 1. The molecule has 0 radical (unpaired) electrons. The third-order valence-electron chi connectivity index (χ3n) is 3.41. The normalized spacial score (nSPS) is 13.8. The van der Waals surface area contributed by atoms with Crippen LogP contribution in [0.3, 0.4) is 0 Å². The number of benzene rings is 1. The largest absolute Gasteiger partial charge is 0.466 e. The van der Waals surface area contributed by atoms with Gasteiger partial charge in [-0.1, -0.05) is 6.92 Å². The summed E-state index contributed by atoms with van der Waals surface area (Å²) in [5.41, 5.74) is -0.613. The van der Waals surface area contributed by atoms with Gasteiger partial charge in [0.25, 0.3) is 0 Å². The Kier molecular flexibility index (Phi) is 6.27. The second kappa shape index (κ2) is 7.50. The summed E-state index contributed by atoms with van der Waals surface area (Å²) >= 11 is 0. The minimum absolute atomic E-state index is 0.0553. The Hall–Kier alpha value is -1.49. The van der Waals surface area contributed by atoms with E-state index in [4.69, 9.17) is 4.74 Å². The second-order valence-electron chi connectivity index (χ2n) is 5.32. The van der Waals surface area contributed by atoms with Crippen LogP contribution < -0.4 is 5.32 Å². The van der Waals surface area contributed by atoms with Gasteiger partial charge in [-0.15, -0.1) is 0 Å². The van der Waals surface area contributed by atoms with Crippen LogP contribution in [0.2, 0.25) is 0 Å². The van der Waals surface area contributed by atoms with Gasteiger partial charge in [0, 0.05) is 5.56 Å². The van der Waals surface area contributed by atoms with Gasteiger partial charge in [0.15, 0.2) is 0 Å². The van der Waals surface area contributed by atoms with E-state index in [0.717, 1.165) is 18.6 Å². The van der Waals surface area contributed by atoms with Crippen LogP contribution in [0.4, 0.5) is 8.78 Å². The first-order chi connectivity index (χ1) is 9.84. The molecule has 1 atom stereocenters. The SMILES string of the molecule is CCCNC(C)(CC(=O)OCC)c1cc(F)c(C)cc1F. The number of halogens is 2. The molecule has 0 aliphatic carbocycles. The number of hydrogen-bond acceptors (Lipinski definition) is 3. The summed E-state index contributed by atoms with van der Waals surface area (Å²) in [6.45, 7) is 7.71. The number of rotatable bonds is 7. The van der Waals surface area contributed by atoms with E-state index in [0.29, 0.717) is 6.54 Å². The molecule has 0 aliphatic heterocycles. The molecule has 1 aromatic rings. The molecule has 0 heterocycles. The number of ether oxygens (including phenoxy) is 1. The van der Waals surface area contributed by atoms with Crippen LogP contribution in [-0.2, 0) is 15.1 Å². The quantitative estimate of drug-likeness (QED) is 0.784. The molecule has 0 saturated heterocycles. The van der Waals surface area contributed by atoms with E-state index in [1.54, 1.807) is 13.8 Å². The molecule has 5 heteroatoms. The topological polar surface area (TPSA) is 38.3 Å². The molecular weight excluding hydrogens is 276 g/mol. The van der Waals surface area contributed by atoms with Crippen LogP contribution in [0.5, 0.6) is 0 Å². The lowest BCUT2D eigenvalue weighted by atomic mass is 9.87. The summed E-state index contributed by atoms with van der Waals surface area (Å²) in [4.78, 5) is 11.8. The third-order valence-corrected chi connectivity index (χ3v) is 3.41. The minimum atomic E-state index is -0.999. The van der Waals surface area contributed by atoms with E-state index in [1.807, 2.05) is 6.92 Å². The first kappa shape index (κ1) is 17.6. The van der Waals surface area contributed by atoms with Gasteiger partial charge < -0.3 is 10.1 Å². The maximum Gasteiger partial charge on any atom is 0.307 e. The van der Waals surface area contributed by atoms with Gasteiger partial charge >= 0.3 is 5.97 Å². The fourth-order valence-corrected chi connectivity index (χ4v) is 2.22. The molecule has 0 spiro atoms. The highest BCUT2D eigenvalue weighted by atomic mass is 19.1. The fourth-order valence-electron chi connectivity index (χ4n) is 2.22. The zero-order chi connectivity index (χ0) is 16.0. The van der Waals surface area contributed by atoms with Crippen LogP contribution in [0.15, 0.2) is 12.1 Å². The van der Waals surface area contributed by atoms with Crippen molar-refractivity contribution in [3.05, 3.63) is 34.9 Å². The highest BCUT2D eigenvalue weighted by Gasteiger charge is 2.33. The Morgan fingerprint density at radius 3 is 2.52 bits per heavy atom.